The summed E-state index contributed by atoms with van der Waals surface area (Å²) in [4.78, 5) is 4.49. The highest BCUT2D eigenvalue weighted by Gasteiger charge is 2.05. The molecule has 72 valence electrons. The van der Waals surface area contributed by atoms with E-state index < -0.39 is 0 Å². The molecular weight excluding hydrogens is 192 g/mol. The van der Waals surface area contributed by atoms with Gasteiger partial charge in [0.05, 0.1) is 10.7 Å². The van der Waals surface area contributed by atoms with Gasteiger partial charge in [-0.2, -0.15) is 0 Å². The predicted molar refractivity (Wildman–Crippen MR) is 62.9 cm³/mol. The highest BCUT2D eigenvalue weighted by atomic mass is 32.2. The maximum atomic E-state index is 5.75. The molecule has 0 saturated carbocycles. The molecule has 1 aliphatic heterocycles. The van der Waals surface area contributed by atoms with Gasteiger partial charge in [-0.15, -0.1) is 11.8 Å². The summed E-state index contributed by atoms with van der Waals surface area (Å²) in [5, 5.41) is 1.01. The van der Waals surface area contributed by atoms with Crippen molar-refractivity contribution < 1.29 is 0 Å². The molecule has 1 heterocycles. The summed E-state index contributed by atoms with van der Waals surface area (Å²) in [5.41, 5.74) is 7.66. The number of para-hydroxylation sites is 1. The van der Waals surface area contributed by atoms with Crippen molar-refractivity contribution in [1.29, 1.82) is 0 Å². The van der Waals surface area contributed by atoms with Crippen LogP contribution in [-0.2, 0) is 0 Å². The van der Waals surface area contributed by atoms with Gasteiger partial charge in [-0.05, 0) is 24.6 Å². The fraction of sp³-hybridized carbons (Fsp3) is 0.182. The summed E-state index contributed by atoms with van der Waals surface area (Å²) < 4.78 is 0. The summed E-state index contributed by atoms with van der Waals surface area (Å²) in [5.74, 6) is 1.04. The second-order valence-corrected chi connectivity index (χ2v) is 4.22. The van der Waals surface area contributed by atoms with Crippen molar-refractivity contribution in [3.05, 3.63) is 42.1 Å². The smallest absolute Gasteiger partial charge is 0.0984 e. The van der Waals surface area contributed by atoms with Crippen LogP contribution in [0.3, 0.4) is 0 Å². The normalized spacial score (nSPS) is 19.4. The lowest BCUT2D eigenvalue weighted by atomic mass is 10.3. The van der Waals surface area contributed by atoms with Gasteiger partial charge in [-0.1, -0.05) is 18.2 Å². The van der Waals surface area contributed by atoms with Gasteiger partial charge in [0.25, 0.3) is 0 Å². The highest BCUT2D eigenvalue weighted by molar-refractivity contribution is 8.14. The predicted octanol–water partition coefficient (Wildman–Crippen LogP) is 2.70. The minimum Gasteiger partial charge on any atom is -0.402 e. The minimum atomic E-state index is 0.929. The highest BCUT2D eigenvalue weighted by Crippen LogP contribution is 2.20. The van der Waals surface area contributed by atoms with Gasteiger partial charge in [0.1, 0.15) is 0 Å². The van der Waals surface area contributed by atoms with E-state index in [9.17, 15) is 0 Å². The fourth-order valence-corrected chi connectivity index (χ4v) is 2.19. The number of nitrogens with zero attached hydrogens (tertiary/aromatic N) is 1. The van der Waals surface area contributed by atoms with Crippen LogP contribution in [-0.4, -0.2) is 10.8 Å². The van der Waals surface area contributed by atoms with Crippen LogP contribution < -0.4 is 5.73 Å². The van der Waals surface area contributed by atoms with Crippen LogP contribution in [0.25, 0.3) is 0 Å². The second kappa shape index (κ2) is 4.33. The Morgan fingerprint density at radius 1 is 1.21 bits per heavy atom. The number of rotatable bonds is 1. The first-order chi connectivity index (χ1) is 6.84. The Hall–Kier alpha value is -1.22. The molecule has 0 atom stereocenters. The largest absolute Gasteiger partial charge is 0.402 e. The number of hydrogen-bond donors (Lipinski definition) is 1. The maximum absolute atomic E-state index is 5.75. The van der Waals surface area contributed by atoms with Crippen molar-refractivity contribution in [1.82, 2.24) is 0 Å². The SMILES string of the molecule is NC1=CC(=Nc2ccccc2)SCC1. The van der Waals surface area contributed by atoms with Gasteiger partial charge >= 0.3 is 0 Å². The molecular formula is C11H12N2S. The third-order valence-electron chi connectivity index (χ3n) is 1.95. The van der Waals surface area contributed by atoms with E-state index in [1.54, 1.807) is 11.8 Å². The molecule has 1 aliphatic rings. The number of nitrogens with two attached hydrogens (primary N) is 1. The van der Waals surface area contributed by atoms with Crippen molar-refractivity contribution in [2.24, 2.45) is 10.7 Å². The van der Waals surface area contributed by atoms with Crippen LogP contribution in [0.5, 0.6) is 0 Å². The quantitative estimate of drug-likeness (QED) is 0.763. The van der Waals surface area contributed by atoms with E-state index in [0.29, 0.717) is 0 Å². The Morgan fingerprint density at radius 2 is 2.00 bits per heavy atom. The van der Waals surface area contributed by atoms with Crippen molar-refractivity contribution in [3.63, 3.8) is 0 Å². The molecule has 1 aromatic carbocycles. The van der Waals surface area contributed by atoms with Crippen LogP contribution in [0, 0.1) is 0 Å². The van der Waals surface area contributed by atoms with Gasteiger partial charge in [0.15, 0.2) is 0 Å². The molecule has 1 aromatic rings. The maximum Gasteiger partial charge on any atom is 0.0984 e. The molecule has 0 fully saturated rings. The van der Waals surface area contributed by atoms with Crippen molar-refractivity contribution in [2.45, 2.75) is 6.42 Å². The van der Waals surface area contributed by atoms with E-state index in [1.165, 1.54) is 0 Å². The second-order valence-electron chi connectivity index (χ2n) is 3.10. The van der Waals surface area contributed by atoms with Crippen molar-refractivity contribution >= 4 is 22.5 Å². The Labute approximate surface area is 87.9 Å². The molecule has 14 heavy (non-hydrogen) atoms. The zero-order valence-electron chi connectivity index (χ0n) is 7.81. The molecule has 2 rings (SSSR count). The average molecular weight is 204 g/mol. The molecule has 0 bridgehead atoms. The number of allylic oxidation sites excluding steroid dienone is 1. The molecule has 2 nitrogen and oxygen atoms in total. The standard InChI is InChI=1S/C11H12N2S/c12-9-6-7-14-11(8-9)13-10-4-2-1-3-5-10/h1-5,8H,6-7,12H2. The van der Waals surface area contributed by atoms with Gasteiger partial charge in [-0.3, -0.25) is 0 Å². The summed E-state index contributed by atoms with van der Waals surface area (Å²) in [6.45, 7) is 0. The Bertz CT molecular complexity index is 368. The Balaban J connectivity index is 2.23. The summed E-state index contributed by atoms with van der Waals surface area (Å²) in [7, 11) is 0. The average Bonchev–Trinajstić information content (AvgIpc) is 2.19. The van der Waals surface area contributed by atoms with Gasteiger partial charge < -0.3 is 5.73 Å². The summed E-state index contributed by atoms with van der Waals surface area (Å²) >= 11 is 1.76. The first kappa shape index (κ1) is 9.34. The van der Waals surface area contributed by atoms with Crippen LogP contribution in [0.2, 0.25) is 0 Å². The monoisotopic (exact) mass is 204 g/mol. The molecule has 0 amide bonds. The van der Waals surface area contributed by atoms with Crippen LogP contribution >= 0.6 is 11.8 Å². The van der Waals surface area contributed by atoms with E-state index >= 15 is 0 Å². The Kier molecular flexibility index (Phi) is 2.89. The van der Waals surface area contributed by atoms with Gasteiger partial charge in [0, 0.05) is 11.4 Å². The zero-order valence-corrected chi connectivity index (χ0v) is 8.63. The van der Waals surface area contributed by atoms with E-state index in [0.717, 1.165) is 28.6 Å². The van der Waals surface area contributed by atoms with Gasteiger partial charge in [-0.25, -0.2) is 4.99 Å². The fourth-order valence-electron chi connectivity index (χ4n) is 1.24. The van der Waals surface area contributed by atoms with Crippen molar-refractivity contribution in [3.8, 4) is 0 Å². The minimum absolute atomic E-state index is 0.929. The Morgan fingerprint density at radius 3 is 2.71 bits per heavy atom. The molecule has 3 heteroatoms. The van der Waals surface area contributed by atoms with E-state index in [2.05, 4.69) is 4.99 Å². The third kappa shape index (κ3) is 2.39. The summed E-state index contributed by atoms with van der Waals surface area (Å²) in [6.07, 6.45) is 2.93. The van der Waals surface area contributed by atoms with Gasteiger partial charge in [0.2, 0.25) is 0 Å². The first-order valence-electron chi connectivity index (χ1n) is 4.57. The number of benzene rings is 1. The topological polar surface area (TPSA) is 38.4 Å². The molecule has 0 aliphatic carbocycles. The molecule has 2 N–H and O–H groups in total. The van der Waals surface area contributed by atoms with Crippen LogP contribution in [0.15, 0.2) is 47.1 Å². The van der Waals surface area contributed by atoms with Crippen LogP contribution in [0.1, 0.15) is 6.42 Å². The third-order valence-corrected chi connectivity index (χ3v) is 2.86. The lowest BCUT2D eigenvalue weighted by Gasteiger charge is -2.09. The lowest BCUT2D eigenvalue weighted by molar-refractivity contribution is 1.08. The first-order valence-corrected chi connectivity index (χ1v) is 5.56. The number of hydrogen-bond acceptors (Lipinski definition) is 3. The van der Waals surface area contributed by atoms with E-state index in [4.69, 9.17) is 5.73 Å². The lowest BCUT2D eigenvalue weighted by Crippen LogP contribution is -2.07. The van der Waals surface area contributed by atoms with E-state index in [-0.39, 0.29) is 0 Å². The molecule has 0 unspecified atom stereocenters. The molecule has 0 spiro atoms. The van der Waals surface area contributed by atoms with E-state index in [1.807, 2.05) is 36.4 Å². The van der Waals surface area contributed by atoms with Crippen molar-refractivity contribution in [2.75, 3.05) is 5.75 Å². The molecule has 0 aromatic heterocycles. The molecule has 0 radical (unpaired) electrons. The number of thioether (sulfide) groups is 1. The number of aliphatic imine (C=N–C) groups is 1. The molecule has 0 saturated heterocycles. The summed E-state index contributed by atoms with van der Waals surface area (Å²) in [6, 6.07) is 9.94. The van der Waals surface area contributed by atoms with Crippen LogP contribution in [0.4, 0.5) is 5.69 Å². The zero-order chi connectivity index (χ0) is 9.80.